The summed E-state index contributed by atoms with van der Waals surface area (Å²) in [6.45, 7) is 3.93. The van der Waals surface area contributed by atoms with Gasteiger partial charge >= 0.3 is 0 Å². The molecule has 1 spiro atoms. The number of nitrogens with zero attached hydrogens (tertiary/aromatic N) is 1. The van der Waals surface area contributed by atoms with Crippen LogP contribution in [0.5, 0.6) is 0 Å². The molecule has 2 aliphatic rings. The van der Waals surface area contributed by atoms with Crippen LogP contribution in [-0.2, 0) is 4.74 Å². The van der Waals surface area contributed by atoms with Crippen LogP contribution in [-0.4, -0.2) is 35.2 Å². The molecule has 21 heavy (non-hydrogen) atoms. The van der Waals surface area contributed by atoms with Crippen LogP contribution in [0.2, 0.25) is 5.02 Å². The van der Waals surface area contributed by atoms with Crippen molar-refractivity contribution in [3.63, 3.8) is 0 Å². The van der Waals surface area contributed by atoms with Crippen molar-refractivity contribution in [1.82, 2.24) is 10.3 Å². The topological polar surface area (TPSA) is 34.2 Å². The summed E-state index contributed by atoms with van der Waals surface area (Å²) in [5.74, 6) is 2.91. The van der Waals surface area contributed by atoms with E-state index in [-0.39, 0.29) is 11.6 Å². The fraction of sp³-hybridized carbons (Fsp3) is 0.688. The molecule has 3 atom stereocenters. The molecule has 0 saturated carbocycles. The Bertz CT molecular complexity index is 479. The molecule has 116 valence electrons. The van der Waals surface area contributed by atoms with Gasteiger partial charge in [-0.2, -0.15) is 11.8 Å². The fourth-order valence-corrected chi connectivity index (χ4v) is 5.16. The highest BCUT2D eigenvalue weighted by Gasteiger charge is 2.43. The lowest BCUT2D eigenvalue weighted by molar-refractivity contribution is -0.0855. The van der Waals surface area contributed by atoms with E-state index in [4.69, 9.17) is 16.3 Å². The van der Waals surface area contributed by atoms with Crippen LogP contribution in [0.25, 0.3) is 0 Å². The van der Waals surface area contributed by atoms with Crippen molar-refractivity contribution in [2.45, 2.75) is 37.8 Å². The number of nitrogens with one attached hydrogen (secondary N) is 1. The molecule has 2 saturated heterocycles. The molecule has 1 aromatic heterocycles. The van der Waals surface area contributed by atoms with E-state index < -0.39 is 0 Å². The normalized spacial score (nSPS) is 30.7. The predicted octanol–water partition coefficient (Wildman–Crippen LogP) is 3.69. The van der Waals surface area contributed by atoms with E-state index in [1.165, 1.54) is 12.2 Å². The Kier molecular flexibility index (Phi) is 5.10. The first-order chi connectivity index (χ1) is 10.2. The standard InChI is InChI=1S/C16H23ClN2OS/c1-2-18-14(15-13(17)4-3-7-19-15)12-5-8-20-16(10-12)6-9-21-11-16/h3-4,7,12,14,18H,2,5-6,8-11H2,1H3. The third kappa shape index (κ3) is 3.39. The lowest BCUT2D eigenvalue weighted by Gasteiger charge is -2.41. The summed E-state index contributed by atoms with van der Waals surface area (Å²) in [5, 5.41) is 4.37. The van der Waals surface area contributed by atoms with E-state index in [1.807, 2.05) is 30.1 Å². The van der Waals surface area contributed by atoms with Crippen LogP contribution in [0, 0.1) is 5.92 Å². The minimum Gasteiger partial charge on any atom is -0.374 e. The summed E-state index contributed by atoms with van der Waals surface area (Å²) in [6.07, 6.45) is 5.22. The summed E-state index contributed by atoms with van der Waals surface area (Å²) in [6, 6.07) is 4.07. The van der Waals surface area contributed by atoms with E-state index in [0.717, 1.165) is 42.5 Å². The van der Waals surface area contributed by atoms with Crippen molar-refractivity contribution in [1.29, 1.82) is 0 Å². The van der Waals surface area contributed by atoms with Gasteiger partial charge in [0.25, 0.3) is 0 Å². The van der Waals surface area contributed by atoms with Gasteiger partial charge in [0, 0.05) is 18.6 Å². The van der Waals surface area contributed by atoms with Crippen molar-refractivity contribution in [2.75, 3.05) is 24.7 Å². The lowest BCUT2D eigenvalue weighted by atomic mass is 9.80. The third-order valence-corrected chi connectivity index (χ3v) is 6.12. The Morgan fingerprint density at radius 3 is 3.24 bits per heavy atom. The largest absolute Gasteiger partial charge is 0.374 e. The Morgan fingerprint density at radius 1 is 1.62 bits per heavy atom. The van der Waals surface area contributed by atoms with Gasteiger partial charge in [-0.25, -0.2) is 0 Å². The van der Waals surface area contributed by atoms with Gasteiger partial charge in [-0.05, 0) is 49.6 Å². The maximum absolute atomic E-state index is 6.39. The average molecular weight is 327 g/mol. The molecule has 3 heterocycles. The molecule has 1 N–H and O–H groups in total. The van der Waals surface area contributed by atoms with Gasteiger partial charge in [0.2, 0.25) is 0 Å². The number of hydrogen-bond acceptors (Lipinski definition) is 4. The molecule has 0 radical (unpaired) electrons. The molecular formula is C16H23ClN2OS. The molecule has 0 amide bonds. The van der Waals surface area contributed by atoms with Crippen LogP contribution in [0.4, 0.5) is 0 Å². The zero-order valence-electron chi connectivity index (χ0n) is 12.5. The Labute approximate surface area is 136 Å². The van der Waals surface area contributed by atoms with Crippen molar-refractivity contribution >= 4 is 23.4 Å². The van der Waals surface area contributed by atoms with E-state index in [0.29, 0.717) is 5.92 Å². The molecule has 3 rings (SSSR count). The minimum absolute atomic E-state index is 0.0997. The van der Waals surface area contributed by atoms with E-state index in [2.05, 4.69) is 17.2 Å². The Balaban J connectivity index is 1.82. The second-order valence-electron chi connectivity index (χ2n) is 5.99. The van der Waals surface area contributed by atoms with E-state index >= 15 is 0 Å². The molecule has 1 aromatic rings. The molecule has 2 aliphatic heterocycles. The number of hydrogen-bond donors (Lipinski definition) is 1. The maximum atomic E-state index is 6.39. The van der Waals surface area contributed by atoms with Crippen molar-refractivity contribution in [3.8, 4) is 0 Å². The molecule has 3 unspecified atom stereocenters. The number of aromatic nitrogens is 1. The Hall–Kier alpha value is -0.290. The summed E-state index contributed by atoms with van der Waals surface area (Å²) < 4.78 is 6.15. The van der Waals surface area contributed by atoms with Crippen molar-refractivity contribution < 1.29 is 4.74 Å². The van der Waals surface area contributed by atoms with Gasteiger partial charge in [-0.1, -0.05) is 18.5 Å². The SMILES string of the molecule is CCNC(c1ncccc1Cl)C1CCOC2(CCSC2)C1. The fourth-order valence-electron chi connectivity index (χ4n) is 3.55. The van der Waals surface area contributed by atoms with Crippen molar-refractivity contribution in [2.24, 2.45) is 5.92 Å². The van der Waals surface area contributed by atoms with Gasteiger partial charge in [-0.3, -0.25) is 4.98 Å². The van der Waals surface area contributed by atoms with E-state index in [1.54, 1.807) is 0 Å². The molecule has 3 nitrogen and oxygen atoms in total. The third-order valence-electron chi connectivity index (χ3n) is 4.58. The molecule has 2 fully saturated rings. The monoisotopic (exact) mass is 326 g/mol. The highest BCUT2D eigenvalue weighted by Crippen LogP contribution is 2.44. The van der Waals surface area contributed by atoms with Crippen molar-refractivity contribution in [3.05, 3.63) is 29.0 Å². The maximum Gasteiger partial charge on any atom is 0.0783 e. The predicted molar refractivity (Wildman–Crippen MR) is 89.0 cm³/mol. The number of rotatable bonds is 4. The minimum atomic E-state index is 0.0997. The summed E-state index contributed by atoms with van der Waals surface area (Å²) in [4.78, 5) is 4.55. The van der Waals surface area contributed by atoms with Crippen LogP contribution >= 0.6 is 23.4 Å². The lowest BCUT2D eigenvalue weighted by Crippen LogP contribution is -2.44. The second kappa shape index (κ2) is 6.86. The first kappa shape index (κ1) is 15.6. The summed E-state index contributed by atoms with van der Waals surface area (Å²) in [7, 11) is 0. The van der Waals surface area contributed by atoms with Crippen LogP contribution < -0.4 is 5.32 Å². The smallest absolute Gasteiger partial charge is 0.0783 e. The molecule has 0 aromatic carbocycles. The van der Waals surface area contributed by atoms with Gasteiger partial charge in [-0.15, -0.1) is 0 Å². The highest BCUT2D eigenvalue weighted by molar-refractivity contribution is 7.99. The summed E-state index contributed by atoms with van der Waals surface area (Å²) in [5.41, 5.74) is 1.09. The van der Waals surface area contributed by atoms with Crippen LogP contribution in [0.1, 0.15) is 37.9 Å². The number of thioether (sulfide) groups is 1. The molecule has 0 aliphatic carbocycles. The van der Waals surface area contributed by atoms with Crippen LogP contribution in [0.15, 0.2) is 18.3 Å². The molecular weight excluding hydrogens is 304 g/mol. The first-order valence-corrected chi connectivity index (χ1v) is 9.33. The number of pyridine rings is 1. The molecule has 5 heteroatoms. The molecule has 0 bridgehead atoms. The van der Waals surface area contributed by atoms with Gasteiger partial charge < -0.3 is 10.1 Å². The van der Waals surface area contributed by atoms with Crippen LogP contribution in [0.3, 0.4) is 0 Å². The zero-order valence-corrected chi connectivity index (χ0v) is 14.1. The second-order valence-corrected chi connectivity index (χ2v) is 7.51. The van der Waals surface area contributed by atoms with Gasteiger partial charge in [0.05, 0.1) is 22.4 Å². The zero-order chi connectivity index (χ0) is 14.7. The average Bonchev–Trinajstić information content (AvgIpc) is 2.93. The quantitative estimate of drug-likeness (QED) is 0.915. The number of halogens is 1. The number of ether oxygens (including phenoxy) is 1. The van der Waals surface area contributed by atoms with Gasteiger partial charge in [0.1, 0.15) is 0 Å². The van der Waals surface area contributed by atoms with E-state index in [9.17, 15) is 0 Å². The highest BCUT2D eigenvalue weighted by atomic mass is 35.5. The first-order valence-electron chi connectivity index (χ1n) is 7.79. The Morgan fingerprint density at radius 2 is 2.52 bits per heavy atom. The van der Waals surface area contributed by atoms with Gasteiger partial charge in [0.15, 0.2) is 0 Å². The summed E-state index contributed by atoms with van der Waals surface area (Å²) >= 11 is 8.41.